The molecule has 1 aliphatic heterocycles. The molecule has 1 aliphatic rings. The monoisotopic (exact) mass is 478 g/mol. The summed E-state index contributed by atoms with van der Waals surface area (Å²) in [5, 5.41) is 5.54. The molecule has 176 valence electrons. The lowest BCUT2D eigenvalue weighted by molar-refractivity contribution is -0.116. The van der Waals surface area contributed by atoms with Crippen molar-refractivity contribution in [2.24, 2.45) is 5.92 Å². The van der Waals surface area contributed by atoms with Gasteiger partial charge in [-0.2, -0.15) is 4.31 Å². The number of nitrogens with one attached hydrogen (secondary N) is 1. The van der Waals surface area contributed by atoms with Crippen molar-refractivity contribution in [3.8, 4) is 0 Å². The van der Waals surface area contributed by atoms with Gasteiger partial charge in [0.05, 0.1) is 10.6 Å². The minimum absolute atomic E-state index is 0.0856. The number of hydrogen-bond acceptors (Lipinski definition) is 6. The fraction of sp³-hybridized carbons (Fsp3) is 0.565. The summed E-state index contributed by atoms with van der Waals surface area (Å²) >= 11 is 1.46. The van der Waals surface area contributed by atoms with Crippen molar-refractivity contribution in [1.82, 2.24) is 14.2 Å². The summed E-state index contributed by atoms with van der Waals surface area (Å²) in [5.74, 6) is 0.719. The Bertz CT molecular complexity index is 977. The number of aromatic nitrogens is 1. The number of carbonyl (C=O) groups is 1. The van der Waals surface area contributed by atoms with Gasteiger partial charge in [0.2, 0.25) is 15.9 Å². The minimum atomic E-state index is -3.46. The molecule has 1 amide bonds. The van der Waals surface area contributed by atoms with Crippen LogP contribution in [0.15, 0.2) is 34.5 Å². The summed E-state index contributed by atoms with van der Waals surface area (Å²) in [6.45, 7) is 9.89. The second-order valence-electron chi connectivity index (χ2n) is 8.38. The van der Waals surface area contributed by atoms with Gasteiger partial charge >= 0.3 is 0 Å². The lowest BCUT2D eigenvalue weighted by atomic mass is 9.99. The van der Waals surface area contributed by atoms with Crippen LogP contribution in [0.2, 0.25) is 0 Å². The van der Waals surface area contributed by atoms with Crippen LogP contribution in [0, 0.1) is 5.92 Å². The highest BCUT2D eigenvalue weighted by molar-refractivity contribution is 7.89. The van der Waals surface area contributed by atoms with Gasteiger partial charge in [-0.15, -0.1) is 11.3 Å². The van der Waals surface area contributed by atoms with Crippen molar-refractivity contribution in [2.45, 2.75) is 57.9 Å². The van der Waals surface area contributed by atoms with Gasteiger partial charge in [-0.25, -0.2) is 13.4 Å². The number of benzene rings is 1. The van der Waals surface area contributed by atoms with Crippen LogP contribution in [0.4, 0.5) is 5.13 Å². The number of amides is 1. The molecule has 9 heteroatoms. The molecule has 3 rings (SSSR count). The smallest absolute Gasteiger partial charge is 0.243 e. The van der Waals surface area contributed by atoms with Crippen molar-refractivity contribution in [3.63, 3.8) is 0 Å². The maximum atomic E-state index is 12.6. The number of rotatable bonds is 10. The molecule has 1 aromatic heterocycles. The first-order valence-electron chi connectivity index (χ1n) is 11.4. The summed E-state index contributed by atoms with van der Waals surface area (Å²) in [6.07, 6.45) is 3.33. The Balaban J connectivity index is 1.47. The van der Waals surface area contributed by atoms with Gasteiger partial charge in [0.25, 0.3) is 0 Å². The van der Waals surface area contributed by atoms with Crippen molar-refractivity contribution in [3.05, 3.63) is 40.9 Å². The van der Waals surface area contributed by atoms with Crippen LogP contribution in [0.1, 0.15) is 51.3 Å². The van der Waals surface area contributed by atoms with E-state index in [1.54, 1.807) is 24.3 Å². The zero-order valence-electron chi connectivity index (χ0n) is 19.2. The quantitative estimate of drug-likeness (QED) is 0.559. The van der Waals surface area contributed by atoms with E-state index < -0.39 is 10.0 Å². The van der Waals surface area contributed by atoms with Crippen LogP contribution >= 0.6 is 11.3 Å². The number of hydrogen-bond donors (Lipinski definition) is 1. The average molecular weight is 479 g/mol. The summed E-state index contributed by atoms with van der Waals surface area (Å²) in [5.41, 5.74) is 1.93. The number of carbonyl (C=O) groups excluding carboxylic acids is 1. The molecule has 1 aromatic carbocycles. The first-order valence-corrected chi connectivity index (χ1v) is 13.7. The Morgan fingerprint density at radius 3 is 2.47 bits per heavy atom. The molecule has 1 saturated heterocycles. The Kier molecular flexibility index (Phi) is 8.81. The first-order chi connectivity index (χ1) is 15.3. The molecule has 1 N–H and O–H groups in total. The third kappa shape index (κ3) is 6.60. The molecular formula is C23H34N4O3S2. The van der Waals surface area contributed by atoms with Crippen LogP contribution in [0.25, 0.3) is 0 Å². The lowest BCUT2D eigenvalue weighted by Gasteiger charge is -2.29. The highest BCUT2D eigenvalue weighted by atomic mass is 32.2. The number of likely N-dealkylation sites (tertiary alicyclic amines) is 1. The highest BCUT2D eigenvalue weighted by Crippen LogP contribution is 2.21. The van der Waals surface area contributed by atoms with Crippen LogP contribution in [-0.4, -0.2) is 54.7 Å². The van der Waals surface area contributed by atoms with Gasteiger partial charge < -0.3 is 5.32 Å². The van der Waals surface area contributed by atoms with E-state index in [9.17, 15) is 13.2 Å². The van der Waals surface area contributed by atoms with E-state index in [0.29, 0.717) is 31.1 Å². The van der Waals surface area contributed by atoms with E-state index in [1.807, 2.05) is 19.2 Å². The first kappa shape index (κ1) is 24.8. The average Bonchev–Trinajstić information content (AvgIpc) is 3.21. The van der Waals surface area contributed by atoms with Crippen LogP contribution in [0.3, 0.4) is 0 Å². The molecule has 0 spiro atoms. The molecule has 0 bridgehead atoms. The predicted octanol–water partition coefficient (Wildman–Crippen LogP) is 3.98. The maximum absolute atomic E-state index is 12.6. The molecule has 7 nitrogen and oxygen atoms in total. The van der Waals surface area contributed by atoms with Gasteiger partial charge in [-0.05, 0) is 56.0 Å². The number of nitrogens with zero attached hydrogens (tertiary/aromatic N) is 3. The molecule has 32 heavy (non-hydrogen) atoms. The fourth-order valence-electron chi connectivity index (χ4n) is 3.87. The maximum Gasteiger partial charge on any atom is 0.243 e. The fourth-order valence-corrected chi connectivity index (χ4v) is 6.04. The molecule has 2 aromatic rings. The van der Waals surface area contributed by atoms with Crippen molar-refractivity contribution in [1.29, 1.82) is 0 Å². The van der Waals surface area contributed by atoms with E-state index in [0.717, 1.165) is 36.8 Å². The number of piperidine rings is 1. The molecule has 0 atom stereocenters. The predicted molar refractivity (Wildman–Crippen MR) is 129 cm³/mol. The second kappa shape index (κ2) is 11.4. The Morgan fingerprint density at radius 2 is 1.84 bits per heavy atom. The molecule has 0 aliphatic carbocycles. The number of anilines is 1. The van der Waals surface area contributed by atoms with Gasteiger partial charge in [-0.1, -0.05) is 32.9 Å². The summed E-state index contributed by atoms with van der Waals surface area (Å²) in [7, 11) is -3.46. The zero-order valence-corrected chi connectivity index (χ0v) is 20.8. The minimum Gasteiger partial charge on any atom is -0.302 e. The molecule has 2 heterocycles. The standard InChI is InChI=1S/C23H34N4O3S2/c1-4-27(5-2)32(29,30)21-9-6-19(7-10-21)8-11-22(28)25-23-24-20(17-31-23)16-26-14-12-18(3)13-15-26/h6-7,9-10,17-18H,4-5,8,11-16H2,1-3H3,(H,24,25,28). The Morgan fingerprint density at radius 1 is 1.19 bits per heavy atom. The van der Waals surface area contributed by atoms with Crippen molar-refractivity contribution >= 4 is 32.4 Å². The van der Waals surface area contributed by atoms with Crippen molar-refractivity contribution in [2.75, 3.05) is 31.5 Å². The van der Waals surface area contributed by atoms with E-state index in [4.69, 9.17) is 0 Å². The normalized spacial score (nSPS) is 15.9. The Hall–Kier alpha value is -1.81. The molecule has 0 saturated carbocycles. The number of aryl methyl sites for hydroxylation is 1. The molecule has 0 radical (unpaired) electrons. The number of sulfonamides is 1. The molecular weight excluding hydrogens is 444 g/mol. The van der Waals surface area contributed by atoms with E-state index >= 15 is 0 Å². The summed E-state index contributed by atoms with van der Waals surface area (Å²) in [4.78, 5) is 19.6. The van der Waals surface area contributed by atoms with Crippen LogP contribution in [0.5, 0.6) is 0 Å². The molecule has 1 fully saturated rings. The van der Waals surface area contributed by atoms with Gasteiger partial charge in [0.1, 0.15) is 0 Å². The zero-order chi connectivity index (χ0) is 23.1. The molecule has 0 unspecified atom stereocenters. The van der Waals surface area contributed by atoms with Gasteiger partial charge in [-0.3, -0.25) is 9.69 Å². The van der Waals surface area contributed by atoms with Gasteiger partial charge in [0.15, 0.2) is 5.13 Å². The van der Waals surface area contributed by atoms with E-state index in [-0.39, 0.29) is 10.8 Å². The largest absolute Gasteiger partial charge is 0.302 e. The van der Waals surface area contributed by atoms with Crippen LogP contribution in [-0.2, 0) is 27.8 Å². The lowest BCUT2D eigenvalue weighted by Crippen LogP contribution is -2.32. The summed E-state index contributed by atoms with van der Waals surface area (Å²) < 4.78 is 26.6. The SMILES string of the molecule is CCN(CC)S(=O)(=O)c1ccc(CCC(=O)Nc2nc(CN3CCC(C)CC3)cs2)cc1. The topological polar surface area (TPSA) is 82.6 Å². The second-order valence-corrected chi connectivity index (χ2v) is 11.2. The van der Waals surface area contributed by atoms with E-state index in [1.165, 1.54) is 28.5 Å². The van der Waals surface area contributed by atoms with Crippen LogP contribution < -0.4 is 5.32 Å². The number of thiazole rings is 1. The van der Waals surface area contributed by atoms with E-state index in [2.05, 4.69) is 22.1 Å². The summed E-state index contributed by atoms with van der Waals surface area (Å²) in [6, 6.07) is 6.81. The Labute approximate surface area is 195 Å². The van der Waals surface area contributed by atoms with Gasteiger partial charge in [0, 0.05) is 31.4 Å². The third-order valence-electron chi connectivity index (χ3n) is 5.97. The van der Waals surface area contributed by atoms with Crippen molar-refractivity contribution < 1.29 is 13.2 Å². The highest BCUT2D eigenvalue weighted by Gasteiger charge is 2.21. The third-order valence-corrected chi connectivity index (χ3v) is 8.84.